The third-order valence-electron chi connectivity index (χ3n) is 3.02. The zero-order valence-electron chi connectivity index (χ0n) is 10.9. The van der Waals surface area contributed by atoms with Crippen LogP contribution in [0.15, 0.2) is 46.3 Å². The Morgan fingerprint density at radius 3 is 2.75 bits per heavy atom. The fourth-order valence-corrected chi connectivity index (χ4v) is 3.03. The van der Waals surface area contributed by atoms with Crippen LogP contribution < -0.4 is 10.6 Å². The number of fused-ring (bicyclic) bond motifs is 1. The van der Waals surface area contributed by atoms with Crippen molar-refractivity contribution >= 4 is 17.7 Å². The van der Waals surface area contributed by atoms with Crippen LogP contribution in [0.5, 0.6) is 0 Å². The van der Waals surface area contributed by atoms with E-state index in [0.29, 0.717) is 23.1 Å². The van der Waals surface area contributed by atoms with Crippen molar-refractivity contribution in [3.05, 3.63) is 58.0 Å². The normalized spacial score (nSPS) is 14.2. The second kappa shape index (κ2) is 5.13. The van der Waals surface area contributed by atoms with Gasteiger partial charge in [0, 0.05) is 11.8 Å². The molecule has 0 spiro atoms. The van der Waals surface area contributed by atoms with E-state index in [0.717, 1.165) is 5.56 Å². The molecule has 6 heteroatoms. The second-order valence-corrected chi connectivity index (χ2v) is 5.50. The van der Waals surface area contributed by atoms with Crippen LogP contribution in [0.25, 0.3) is 0 Å². The average Bonchev–Trinajstić information content (AvgIpc) is 2.43. The molecule has 1 aromatic heterocycles. The van der Waals surface area contributed by atoms with Gasteiger partial charge in [-0.15, -0.1) is 0 Å². The van der Waals surface area contributed by atoms with Gasteiger partial charge in [0.1, 0.15) is 0 Å². The Bertz CT molecular complexity index is 712. The van der Waals surface area contributed by atoms with Crippen LogP contribution in [0.3, 0.4) is 0 Å². The molecule has 1 aromatic carbocycles. The molecular weight excluding hydrogens is 274 g/mol. The van der Waals surface area contributed by atoms with Crippen molar-refractivity contribution in [1.29, 1.82) is 0 Å². The Balaban J connectivity index is 2.04. The summed E-state index contributed by atoms with van der Waals surface area (Å²) in [5.74, 6) is 0.224. The number of hydrogen-bond acceptors (Lipinski definition) is 4. The van der Waals surface area contributed by atoms with E-state index in [1.807, 2.05) is 30.3 Å². The van der Waals surface area contributed by atoms with E-state index in [4.69, 9.17) is 0 Å². The van der Waals surface area contributed by atoms with Gasteiger partial charge >= 0.3 is 0 Å². The van der Waals surface area contributed by atoms with Crippen molar-refractivity contribution in [2.75, 3.05) is 10.8 Å². The maximum atomic E-state index is 12.1. The highest BCUT2D eigenvalue weighted by Gasteiger charge is 2.26. The summed E-state index contributed by atoms with van der Waals surface area (Å²) in [7, 11) is 0. The Hall–Kier alpha value is -2.08. The van der Waals surface area contributed by atoms with Gasteiger partial charge in [-0.1, -0.05) is 42.1 Å². The number of hydrogen-bond donors (Lipinski definition) is 0. The number of aromatic nitrogens is 2. The largest absolute Gasteiger partial charge is 0.273 e. The molecular formula is C14H13N3O2S. The topological polar surface area (TPSA) is 55.2 Å². The third kappa shape index (κ3) is 2.34. The number of carbonyl (C=O) groups is 1. The Labute approximate surface area is 120 Å². The Kier molecular flexibility index (Phi) is 3.31. The lowest BCUT2D eigenvalue weighted by Gasteiger charge is -2.29. The fourth-order valence-electron chi connectivity index (χ4n) is 2.11. The van der Waals surface area contributed by atoms with Gasteiger partial charge in [-0.2, -0.15) is 4.68 Å². The van der Waals surface area contributed by atoms with Gasteiger partial charge in [-0.05, 0) is 12.5 Å². The molecule has 0 saturated carbocycles. The van der Waals surface area contributed by atoms with Gasteiger partial charge in [0.25, 0.3) is 11.5 Å². The number of thioether (sulfide) groups is 1. The molecule has 0 unspecified atom stereocenters. The van der Waals surface area contributed by atoms with Crippen molar-refractivity contribution in [1.82, 2.24) is 9.66 Å². The molecule has 102 valence electrons. The van der Waals surface area contributed by atoms with E-state index < -0.39 is 0 Å². The highest BCUT2D eigenvalue weighted by Crippen LogP contribution is 2.21. The molecule has 0 atom stereocenters. The van der Waals surface area contributed by atoms with Crippen molar-refractivity contribution in [2.24, 2.45) is 0 Å². The molecule has 1 aliphatic rings. The molecule has 0 fully saturated rings. The van der Waals surface area contributed by atoms with Gasteiger partial charge in [0.05, 0.1) is 12.3 Å². The van der Waals surface area contributed by atoms with Crippen molar-refractivity contribution in [3.63, 3.8) is 0 Å². The van der Waals surface area contributed by atoms with Crippen molar-refractivity contribution in [2.45, 2.75) is 18.6 Å². The zero-order chi connectivity index (χ0) is 14.1. The van der Waals surface area contributed by atoms with E-state index in [1.165, 1.54) is 27.5 Å². The van der Waals surface area contributed by atoms with Crippen LogP contribution in [-0.2, 0) is 11.3 Å². The van der Waals surface area contributed by atoms with Gasteiger partial charge < -0.3 is 0 Å². The number of benzene rings is 1. The van der Waals surface area contributed by atoms with E-state index in [1.54, 1.807) is 6.92 Å². The summed E-state index contributed by atoms with van der Waals surface area (Å²) < 4.78 is 1.37. The van der Waals surface area contributed by atoms with E-state index in [2.05, 4.69) is 4.98 Å². The highest BCUT2D eigenvalue weighted by atomic mass is 32.2. The summed E-state index contributed by atoms with van der Waals surface area (Å²) >= 11 is 1.30. The quantitative estimate of drug-likeness (QED) is 0.782. The molecule has 1 aliphatic heterocycles. The minimum absolute atomic E-state index is 0.0842. The van der Waals surface area contributed by atoms with E-state index >= 15 is 0 Å². The molecule has 1 amide bonds. The van der Waals surface area contributed by atoms with Crippen LogP contribution in [0.4, 0.5) is 0 Å². The first-order valence-electron chi connectivity index (χ1n) is 6.23. The summed E-state index contributed by atoms with van der Waals surface area (Å²) in [6.45, 7) is 2.15. The van der Waals surface area contributed by atoms with Crippen LogP contribution in [0.1, 0.15) is 11.3 Å². The molecule has 2 aromatic rings. The summed E-state index contributed by atoms with van der Waals surface area (Å²) in [5.41, 5.74) is 1.43. The molecule has 5 nitrogen and oxygen atoms in total. The number of aryl methyl sites for hydroxylation is 1. The van der Waals surface area contributed by atoms with Gasteiger partial charge in [0.15, 0.2) is 5.16 Å². The van der Waals surface area contributed by atoms with Crippen molar-refractivity contribution < 1.29 is 4.79 Å². The standard InChI is InChI=1S/C14H13N3O2S/c1-10-7-12(18)17-14(15-10)20-9-13(19)16(17)8-11-5-3-2-4-6-11/h2-7H,8-9H2,1H3. The molecule has 0 aliphatic carbocycles. The van der Waals surface area contributed by atoms with Crippen molar-refractivity contribution in [3.8, 4) is 0 Å². The predicted octanol–water partition coefficient (Wildman–Crippen LogP) is 1.32. The van der Waals surface area contributed by atoms with E-state index in [9.17, 15) is 9.59 Å². The molecule has 0 saturated heterocycles. The first-order chi connectivity index (χ1) is 9.65. The molecule has 2 heterocycles. The lowest BCUT2D eigenvalue weighted by atomic mass is 10.2. The lowest BCUT2D eigenvalue weighted by Crippen LogP contribution is -2.50. The van der Waals surface area contributed by atoms with Crippen LogP contribution in [0, 0.1) is 6.92 Å². The van der Waals surface area contributed by atoms with Gasteiger partial charge in [-0.25, -0.2) is 9.99 Å². The number of carbonyl (C=O) groups excluding carboxylic acids is 1. The molecule has 3 rings (SSSR count). The average molecular weight is 287 g/mol. The second-order valence-electron chi connectivity index (χ2n) is 4.56. The monoisotopic (exact) mass is 287 g/mol. The molecule has 0 N–H and O–H groups in total. The third-order valence-corrected chi connectivity index (χ3v) is 3.94. The molecule has 0 bridgehead atoms. The Morgan fingerprint density at radius 2 is 2.00 bits per heavy atom. The summed E-state index contributed by atoms with van der Waals surface area (Å²) in [6.07, 6.45) is 0. The SMILES string of the molecule is Cc1cc(=O)n2c(n1)SCC(=O)N2Cc1ccccc1. The molecule has 20 heavy (non-hydrogen) atoms. The van der Waals surface area contributed by atoms with E-state index in [-0.39, 0.29) is 11.5 Å². The first kappa shape index (κ1) is 12.9. The zero-order valence-corrected chi connectivity index (χ0v) is 11.8. The maximum absolute atomic E-state index is 12.1. The lowest BCUT2D eigenvalue weighted by molar-refractivity contribution is -0.118. The first-order valence-corrected chi connectivity index (χ1v) is 7.22. The molecule has 0 radical (unpaired) electrons. The van der Waals surface area contributed by atoms with Crippen LogP contribution >= 0.6 is 11.8 Å². The summed E-state index contributed by atoms with van der Waals surface area (Å²) in [6, 6.07) is 11.1. The predicted molar refractivity (Wildman–Crippen MR) is 77.3 cm³/mol. The highest BCUT2D eigenvalue weighted by molar-refractivity contribution is 7.99. The minimum Gasteiger partial charge on any atom is -0.272 e. The minimum atomic E-state index is -0.219. The number of amides is 1. The van der Waals surface area contributed by atoms with Crippen LogP contribution in [-0.4, -0.2) is 21.3 Å². The van der Waals surface area contributed by atoms with Gasteiger partial charge in [-0.3, -0.25) is 9.59 Å². The van der Waals surface area contributed by atoms with Crippen LogP contribution in [0.2, 0.25) is 0 Å². The fraction of sp³-hybridized carbons (Fsp3) is 0.214. The number of nitrogens with zero attached hydrogens (tertiary/aromatic N) is 3. The Morgan fingerprint density at radius 1 is 1.25 bits per heavy atom. The summed E-state index contributed by atoms with van der Waals surface area (Å²) in [4.78, 5) is 28.6. The summed E-state index contributed by atoms with van der Waals surface area (Å²) in [5, 5.41) is 2.04. The smallest absolute Gasteiger partial charge is 0.272 e. The maximum Gasteiger partial charge on any atom is 0.273 e. The number of rotatable bonds is 2. The van der Waals surface area contributed by atoms with Gasteiger partial charge in [0.2, 0.25) is 0 Å².